The Hall–Kier alpha value is -1.88. The first-order valence-corrected chi connectivity index (χ1v) is 7.39. The van der Waals surface area contributed by atoms with Crippen LogP contribution in [0.2, 0.25) is 0 Å². The average molecular weight is 306 g/mol. The summed E-state index contributed by atoms with van der Waals surface area (Å²) < 4.78 is 10.7. The summed E-state index contributed by atoms with van der Waals surface area (Å²) in [6, 6.07) is 0. The molecule has 2 aliphatic rings. The minimum Gasteiger partial charge on any atom is -0.458 e. The Morgan fingerprint density at radius 1 is 1.45 bits per heavy atom. The first-order valence-electron chi connectivity index (χ1n) is 7.39. The maximum Gasteiger partial charge on any atom is 0.334 e. The van der Waals surface area contributed by atoms with Gasteiger partial charge in [-0.2, -0.15) is 0 Å². The van der Waals surface area contributed by atoms with E-state index in [9.17, 15) is 14.7 Å². The lowest BCUT2D eigenvalue weighted by Crippen LogP contribution is -2.33. The van der Waals surface area contributed by atoms with Gasteiger partial charge in [0.15, 0.2) is 0 Å². The zero-order valence-corrected chi connectivity index (χ0v) is 13.0. The molecule has 120 valence electrons. The van der Waals surface area contributed by atoms with Gasteiger partial charge in [0.1, 0.15) is 12.2 Å². The summed E-state index contributed by atoms with van der Waals surface area (Å²) in [7, 11) is 0. The highest BCUT2D eigenvalue weighted by Gasteiger charge is 2.44. The largest absolute Gasteiger partial charge is 0.458 e. The minimum absolute atomic E-state index is 0.295. The van der Waals surface area contributed by atoms with Crippen molar-refractivity contribution in [2.45, 2.75) is 51.4 Å². The summed E-state index contributed by atoms with van der Waals surface area (Å²) >= 11 is 0. The zero-order chi connectivity index (χ0) is 16.4. The lowest BCUT2D eigenvalue weighted by molar-refractivity contribution is -0.147. The first-order chi connectivity index (χ1) is 10.3. The van der Waals surface area contributed by atoms with Gasteiger partial charge in [-0.3, -0.25) is 4.79 Å². The number of rotatable bonds is 1. The van der Waals surface area contributed by atoms with E-state index in [0.717, 1.165) is 5.57 Å². The Bertz CT molecular complexity index is 545. The first kappa shape index (κ1) is 16.5. The Balaban J connectivity index is 2.40. The predicted molar refractivity (Wildman–Crippen MR) is 80.8 cm³/mol. The summed E-state index contributed by atoms with van der Waals surface area (Å²) in [5.41, 5.74) is 1.89. The van der Waals surface area contributed by atoms with Gasteiger partial charge in [-0.1, -0.05) is 18.7 Å². The van der Waals surface area contributed by atoms with Crippen LogP contribution in [0.15, 0.2) is 36.0 Å². The molecular weight excluding hydrogens is 284 g/mol. The van der Waals surface area contributed by atoms with Gasteiger partial charge in [0, 0.05) is 18.9 Å². The fraction of sp³-hybridized carbons (Fsp3) is 0.529. The SMILES string of the molecule is C=C1C(=O)O[C@H]2CC(=C)[C@@H](O)CC/C(C)=C\[C@@H](OC(C)=O)[C@H]12. The van der Waals surface area contributed by atoms with Crippen LogP contribution in [0.25, 0.3) is 0 Å². The number of esters is 2. The second-order valence-corrected chi connectivity index (χ2v) is 6.00. The van der Waals surface area contributed by atoms with Crippen molar-refractivity contribution in [2.24, 2.45) is 5.92 Å². The van der Waals surface area contributed by atoms with Crippen LogP contribution in [0.3, 0.4) is 0 Å². The number of carbonyl (C=O) groups is 2. The Morgan fingerprint density at radius 3 is 2.77 bits per heavy atom. The van der Waals surface area contributed by atoms with Crippen LogP contribution >= 0.6 is 0 Å². The van der Waals surface area contributed by atoms with Gasteiger partial charge in [0.2, 0.25) is 0 Å². The molecule has 5 heteroatoms. The number of allylic oxidation sites excluding steroid dienone is 1. The van der Waals surface area contributed by atoms with E-state index in [2.05, 4.69) is 13.2 Å². The number of ether oxygens (including phenoxy) is 2. The molecule has 1 heterocycles. The monoisotopic (exact) mass is 306 g/mol. The number of aliphatic hydroxyl groups is 1. The minimum atomic E-state index is -0.637. The number of hydrogen-bond donors (Lipinski definition) is 1. The van der Waals surface area contributed by atoms with Crippen molar-refractivity contribution < 1.29 is 24.2 Å². The molecule has 0 amide bonds. The van der Waals surface area contributed by atoms with Gasteiger partial charge in [-0.25, -0.2) is 4.79 Å². The van der Waals surface area contributed by atoms with Crippen molar-refractivity contribution in [3.63, 3.8) is 0 Å². The lowest BCUT2D eigenvalue weighted by atomic mass is 9.84. The van der Waals surface area contributed by atoms with E-state index < -0.39 is 36.2 Å². The van der Waals surface area contributed by atoms with Crippen molar-refractivity contribution in [1.29, 1.82) is 0 Å². The summed E-state index contributed by atoms with van der Waals surface area (Å²) in [6.45, 7) is 10.9. The van der Waals surface area contributed by atoms with E-state index in [1.165, 1.54) is 6.92 Å². The molecule has 0 aromatic rings. The molecule has 22 heavy (non-hydrogen) atoms. The summed E-state index contributed by atoms with van der Waals surface area (Å²) in [6.07, 6.45) is 1.62. The van der Waals surface area contributed by atoms with E-state index in [4.69, 9.17) is 9.47 Å². The van der Waals surface area contributed by atoms with Crippen LogP contribution in [0, 0.1) is 5.92 Å². The quantitative estimate of drug-likeness (QED) is 0.456. The van der Waals surface area contributed by atoms with Crippen molar-refractivity contribution in [3.8, 4) is 0 Å². The number of fused-ring (bicyclic) bond motifs is 1. The van der Waals surface area contributed by atoms with Crippen LogP contribution in [0.5, 0.6) is 0 Å². The van der Waals surface area contributed by atoms with E-state index >= 15 is 0 Å². The summed E-state index contributed by atoms with van der Waals surface area (Å²) in [5.74, 6) is -1.36. The van der Waals surface area contributed by atoms with Crippen LogP contribution < -0.4 is 0 Å². The standard InChI is InChI=1S/C17H22O5/c1-9-5-6-13(19)10(2)8-15-16(11(3)17(20)22-15)14(7-9)21-12(4)18/h7,13-16,19H,2-3,5-6,8H2,1,4H3/b9-7-/t13-,14+,15-,16-/m0/s1. The van der Waals surface area contributed by atoms with Crippen LogP contribution in [0.1, 0.15) is 33.1 Å². The maximum absolute atomic E-state index is 11.9. The summed E-state index contributed by atoms with van der Waals surface area (Å²) in [4.78, 5) is 23.3. The van der Waals surface area contributed by atoms with E-state index in [1.54, 1.807) is 0 Å². The molecule has 0 spiro atoms. The predicted octanol–water partition coefficient (Wildman–Crippen LogP) is 2.06. The normalized spacial score (nSPS) is 35.2. The van der Waals surface area contributed by atoms with Gasteiger partial charge >= 0.3 is 11.9 Å². The molecule has 4 atom stereocenters. The third kappa shape index (κ3) is 3.47. The van der Waals surface area contributed by atoms with E-state index in [1.807, 2.05) is 13.0 Å². The average Bonchev–Trinajstić information content (AvgIpc) is 2.69. The van der Waals surface area contributed by atoms with Gasteiger partial charge in [-0.05, 0) is 31.4 Å². The second kappa shape index (κ2) is 6.48. The molecule has 1 fully saturated rings. The Labute approximate surface area is 130 Å². The number of aliphatic hydroxyl groups excluding tert-OH is 1. The highest BCUT2D eigenvalue weighted by molar-refractivity contribution is 5.91. The number of carbonyl (C=O) groups excluding carboxylic acids is 2. The Morgan fingerprint density at radius 2 is 2.14 bits per heavy atom. The molecule has 0 aromatic carbocycles. The molecule has 1 saturated heterocycles. The molecule has 0 aromatic heterocycles. The summed E-state index contributed by atoms with van der Waals surface area (Å²) in [5, 5.41) is 10.1. The third-order valence-electron chi connectivity index (χ3n) is 4.18. The van der Waals surface area contributed by atoms with Crippen molar-refractivity contribution in [3.05, 3.63) is 36.0 Å². The van der Waals surface area contributed by atoms with Gasteiger partial charge < -0.3 is 14.6 Å². The van der Waals surface area contributed by atoms with E-state index in [0.29, 0.717) is 30.4 Å². The molecule has 0 radical (unpaired) electrons. The second-order valence-electron chi connectivity index (χ2n) is 6.00. The molecule has 1 N–H and O–H groups in total. The molecule has 0 unspecified atom stereocenters. The van der Waals surface area contributed by atoms with Gasteiger partial charge in [0.05, 0.1) is 12.0 Å². The molecule has 5 nitrogen and oxygen atoms in total. The fourth-order valence-corrected chi connectivity index (χ4v) is 2.95. The molecular formula is C17H22O5. The number of hydrogen-bond acceptors (Lipinski definition) is 5. The smallest absolute Gasteiger partial charge is 0.334 e. The van der Waals surface area contributed by atoms with Crippen molar-refractivity contribution in [1.82, 2.24) is 0 Å². The molecule has 0 bridgehead atoms. The fourth-order valence-electron chi connectivity index (χ4n) is 2.95. The van der Waals surface area contributed by atoms with Gasteiger partial charge in [0.25, 0.3) is 0 Å². The molecule has 0 saturated carbocycles. The van der Waals surface area contributed by atoms with Crippen LogP contribution in [-0.2, 0) is 19.1 Å². The molecule has 1 aliphatic carbocycles. The lowest BCUT2D eigenvalue weighted by Gasteiger charge is -2.28. The van der Waals surface area contributed by atoms with Crippen molar-refractivity contribution >= 4 is 11.9 Å². The molecule has 1 aliphatic heterocycles. The third-order valence-corrected chi connectivity index (χ3v) is 4.18. The van der Waals surface area contributed by atoms with Crippen molar-refractivity contribution in [2.75, 3.05) is 0 Å². The zero-order valence-electron chi connectivity index (χ0n) is 13.0. The van der Waals surface area contributed by atoms with E-state index in [-0.39, 0.29) is 0 Å². The highest BCUT2D eigenvalue weighted by atomic mass is 16.6. The molecule has 2 rings (SSSR count). The van der Waals surface area contributed by atoms with Crippen LogP contribution in [-0.4, -0.2) is 35.4 Å². The highest BCUT2D eigenvalue weighted by Crippen LogP contribution is 2.37. The maximum atomic E-state index is 11.9. The van der Waals surface area contributed by atoms with Gasteiger partial charge in [-0.15, -0.1) is 0 Å². The Kier molecular flexibility index (Phi) is 4.86. The topological polar surface area (TPSA) is 72.8 Å². The van der Waals surface area contributed by atoms with Crippen LogP contribution in [0.4, 0.5) is 0 Å².